The van der Waals surface area contributed by atoms with Crippen LogP contribution in [0.25, 0.3) is 10.6 Å². The van der Waals surface area contributed by atoms with Crippen LogP contribution in [0.4, 0.5) is 0 Å². The van der Waals surface area contributed by atoms with E-state index in [-0.39, 0.29) is 12.0 Å². The number of nitrogens with one attached hydrogen (secondary N) is 1. The number of ether oxygens (including phenoxy) is 1. The van der Waals surface area contributed by atoms with Crippen LogP contribution in [0.1, 0.15) is 18.5 Å². The Labute approximate surface area is 127 Å². The summed E-state index contributed by atoms with van der Waals surface area (Å²) in [5.41, 5.74) is 2.07. The van der Waals surface area contributed by atoms with Crippen molar-refractivity contribution >= 4 is 17.2 Å². The maximum Gasteiger partial charge on any atom is 0.249 e. The molecular weight excluding hydrogens is 286 g/mol. The van der Waals surface area contributed by atoms with Gasteiger partial charge in [-0.15, -0.1) is 11.3 Å². The van der Waals surface area contributed by atoms with Crippen LogP contribution < -0.4 is 5.32 Å². The molecule has 1 aliphatic heterocycles. The molecule has 2 aromatic rings. The van der Waals surface area contributed by atoms with Crippen molar-refractivity contribution in [1.29, 1.82) is 0 Å². The highest BCUT2D eigenvalue weighted by molar-refractivity contribution is 7.13. The maximum atomic E-state index is 11.8. The zero-order valence-electron chi connectivity index (χ0n) is 11.6. The number of hydrogen-bond donors (Lipinski definition) is 1. The summed E-state index contributed by atoms with van der Waals surface area (Å²) in [6, 6.07) is 3.89. The molecule has 1 amide bonds. The van der Waals surface area contributed by atoms with E-state index in [1.807, 2.05) is 17.5 Å². The highest BCUT2D eigenvalue weighted by atomic mass is 32.1. The molecule has 0 bridgehead atoms. The fourth-order valence-corrected chi connectivity index (χ4v) is 3.12. The molecule has 0 aromatic carbocycles. The first-order valence-electron chi connectivity index (χ1n) is 7.07. The van der Waals surface area contributed by atoms with E-state index in [0.29, 0.717) is 13.2 Å². The van der Waals surface area contributed by atoms with Crippen molar-refractivity contribution in [3.8, 4) is 10.6 Å². The summed E-state index contributed by atoms with van der Waals surface area (Å²) < 4.78 is 5.35. The van der Waals surface area contributed by atoms with Crippen LogP contribution in [0.3, 0.4) is 0 Å². The smallest absolute Gasteiger partial charge is 0.249 e. The number of aromatic nitrogens is 2. The second kappa shape index (κ2) is 6.78. The van der Waals surface area contributed by atoms with Crippen molar-refractivity contribution in [3.05, 3.63) is 35.6 Å². The van der Waals surface area contributed by atoms with Crippen molar-refractivity contribution in [3.63, 3.8) is 0 Å². The second-order valence-electron chi connectivity index (χ2n) is 4.92. The zero-order chi connectivity index (χ0) is 14.5. The minimum absolute atomic E-state index is 0.00270. The Balaban J connectivity index is 1.50. The van der Waals surface area contributed by atoms with Gasteiger partial charge in [-0.3, -0.25) is 9.78 Å². The average molecular weight is 303 g/mol. The number of amides is 1. The van der Waals surface area contributed by atoms with E-state index in [1.54, 1.807) is 23.7 Å². The molecule has 6 heteroatoms. The lowest BCUT2D eigenvalue weighted by atomic mass is 10.2. The molecule has 5 nitrogen and oxygen atoms in total. The zero-order valence-corrected chi connectivity index (χ0v) is 12.4. The van der Waals surface area contributed by atoms with Gasteiger partial charge in [-0.2, -0.15) is 0 Å². The van der Waals surface area contributed by atoms with E-state index < -0.39 is 0 Å². The first-order chi connectivity index (χ1) is 10.3. The van der Waals surface area contributed by atoms with E-state index in [1.165, 1.54) is 0 Å². The molecule has 0 unspecified atom stereocenters. The lowest BCUT2D eigenvalue weighted by Gasteiger charge is -2.09. The predicted octanol–water partition coefficient (Wildman–Crippen LogP) is 2.04. The molecule has 1 saturated heterocycles. The molecule has 110 valence electrons. The first-order valence-corrected chi connectivity index (χ1v) is 7.95. The SMILES string of the molecule is O=C(NCCc1csc(-c2ccncc2)n1)[C@@H]1CCCO1. The molecule has 21 heavy (non-hydrogen) atoms. The number of nitrogens with zero attached hydrogens (tertiary/aromatic N) is 2. The molecule has 1 atom stereocenters. The topological polar surface area (TPSA) is 64.1 Å². The number of hydrogen-bond acceptors (Lipinski definition) is 5. The van der Waals surface area contributed by atoms with Crippen LogP contribution in [0.2, 0.25) is 0 Å². The summed E-state index contributed by atoms with van der Waals surface area (Å²) in [6.07, 6.45) is 5.80. The van der Waals surface area contributed by atoms with E-state index in [9.17, 15) is 4.79 Å². The highest BCUT2D eigenvalue weighted by Gasteiger charge is 2.22. The van der Waals surface area contributed by atoms with Crippen molar-refractivity contribution in [2.24, 2.45) is 0 Å². The van der Waals surface area contributed by atoms with Crippen molar-refractivity contribution in [2.75, 3.05) is 13.2 Å². The first kappa shape index (κ1) is 14.2. The monoisotopic (exact) mass is 303 g/mol. The largest absolute Gasteiger partial charge is 0.368 e. The standard InChI is InChI=1S/C15H17N3O2S/c19-14(13-2-1-9-20-13)17-8-5-12-10-21-15(18-12)11-3-6-16-7-4-11/h3-4,6-7,10,13H,1-2,5,8-9H2,(H,17,19)/t13-/m0/s1. The van der Waals surface area contributed by atoms with Crippen LogP contribution in [0.5, 0.6) is 0 Å². The van der Waals surface area contributed by atoms with Crippen molar-refractivity contribution in [2.45, 2.75) is 25.4 Å². The van der Waals surface area contributed by atoms with Crippen LogP contribution in [-0.2, 0) is 16.0 Å². The van der Waals surface area contributed by atoms with Crippen LogP contribution in [0, 0.1) is 0 Å². The number of thiazole rings is 1. The molecule has 0 saturated carbocycles. The summed E-state index contributed by atoms with van der Waals surface area (Å²) in [7, 11) is 0. The second-order valence-corrected chi connectivity index (χ2v) is 5.78. The third kappa shape index (κ3) is 3.65. The molecule has 1 N–H and O–H groups in total. The normalized spacial score (nSPS) is 17.8. The minimum Gasteiger partial charge on any atom is -0.368 e. The molecule has 0 aliphatic carbocycles. The van der Waals surface area contributed by atoms with Crippen molar-refractivity contribution < 1.29 is 9.53 Å². The van der Waals surface area contributed by atoms with Gasteiger partial charge in [0.25, 0.3) is 0 Å². The van der Waals surface area contributed by atoms with Gasteiger partial charge in [0, 0.05) is 42.9 Å². The van der Waals surface area contributed by atoms with Crippen LogP contribution in [-0.4, -0.2) is 35.1 Å². The van der Waals surface area contributed by atoms with Gasteiger partial charge < -0.3 is 10.1 Å². The van der Waals surface area contributed by atoms with Gasteiger partial charge in [0.05, 0.1) is 5.69 Å². The highest BCUT2D eigenvalue weighted by Crippen LogP contribution is 2.22. The van der Waals surface area contributed by atoms with Gasteiger partial charge >= 0.3 is 0 Å². The third-order valence-electron chi connectivity index (χ3n) is 3.38. The van der Waals surface area contributed by atoms with Gasteiger partial charge in [-0.25, -0.2) is 4.98 Å². The quantitative estimate of drug-likeness (QED) is 0.918. The molecular formula is C15H17N3O2S. The maximum absolute atomic E-state index is 11.8. The molecule has 3 heterocycles. The van der Waals surface area contributed by atoms with E-state index in [4.69, 9.17) is 4.74 Å². The lowest BCUT2D eigenvalue weighted by molar-refractivity contribution is -0.129. The minimum atomic E-state index is -0.257. The third-order valence-corrected chi connectivity index (χ3v) is 4.32. The summed E-state index contributed by atoms with van der Waals surface area (Å²) in [5.74, 6) is -0.00270. The summed E-state index contributed by atoms with van der Waals surface area (Å²) >= 11 is 1.61. The van der Waals surface area contributed by atoms with Crippen molar-refractivity contribution in [1.82, 2.24) is 15.3 Å². The Morgan fingerprint density at radius 3 is 3.05 bits per heavy atom. The Kier molecular flexibility index (Phi) is 4.57. The predicted molar refractivity (Wildman–Crippen MR) is 81.0 cm³/mol. The van der Waals surface area contributed by atoms with Gasteiger partial charge in [0.15, 0.2) is 0 Å². The van der Waals surface area contributed by atoms with E-state index in [0.717, 1.165) is 35.5 Å². The van der Waals surface area contributed by atoms with Crippen LogP contribution >= 0.6 is 11.3 Å². The van der Waals surface area contributed by atoms with Gasteiger partial charge in [0.2, 0.25) is 5.91 Å². The Morgan fingerprint density at radius 1 is 1.43 bits per heavy atom. The molecule has 1 fully saturated rings. The summed E-state index contributed by atoms with van der Waals surface area (Å²) in [4.78, 5) is 20.4. The Bertz CT molecular complexity index is 594. The molecule has 0 spiro atoms. The van der Waals surface area contributed by atoms with Crippen LogP contribution in [0.15, 0.2) is 29.9 Å². The summed E-state index contributed by atoms with van der Waals surface area (Å²) in [5, 5.41) is 5.93. The molecule has 2 aromatic heterocycles. The summed E-state index contributed by atoms with van der Waals surface area (Å²) in [6.45, 7) is 1.29. The lowest BCUT2D eigenvalue weighted by Crippen LogP contribution is -2.35. The molecule has 1 aliphatic rings. The van der Waals surface area contributed by atoms with Gasteiger partial charge in [-0.1, -0.05) is 0 Å². The average Bonchev–Trinajstić information content (AvgIpc) is 3.20. The molecule has 3 rings (SSSR count). The molecule has 0 radical (unpaired) electrons. The van der Waals surface area contributed by atoms with E-state index in [2.05, 4.69) is 15.3 Å². The Morgan fingerprint density at radius 2 is 2.29 bits per heavy atom. The number of carbonyl (C=O) groups excluding carboxylic acids is 1. The Hall–Kier alpha value is -1.79. The van der Waals surface area contributed by atoms with E-state index >= 15 is 0 Å². The number of rotatable bonds is 5. The number of carbonyl (C=O) groups is 1. The fraction of sp³-hybridized carbons (Fsp3) is 0.400. The van der Waals surface area contributed by atoms with Gasteiger partial charge in [-0.05, 0) is 25.0 Å². The fourth-order valence-electron chi connectivity index (χ4n) is 2.26. The number of pyridine rings is 1. The van der Waals surface area contributed by atoms with Gasteiger partial charge in [0.1, 0.15) is 11.1 Å².